The molecular formula is C34H60O12. The van der Waals surface area contributed by atoms with Crippen LogP contribution in [0, 0.1) is 0 Å². The summed E-state index contributed by atoms with van der Waals surface area (Å²) >= 11 is 0. The van der Waals surface area contributed by atoms with Gasteiger partial charge in [-0.05, 0) is 30.7 Å². The molecule has 1 aromatic carbocycles. The standard InChI is InChI=1S/C34H60O12/c1-2-3-4-5-6-7-34(36)32-8-10-33(11-9-32)46-31-30-45-29-28-44-27-26-43-25-24-42-23-22-41-21-20-40-19-18-39-17-16-38-15-14-37-13-12-35/h8-11,35H,2-7,12-31H2,1H3. The number of rotatable bonds is 37. The lowest BCUT2D eigenvalue weighted by Gasteiger charge is -2.09. The van der Waals surface area contributed by atoms with Crippen LogP contribution in [0.5, 0.6) is 5.75 Å². The molecule has 0 spiro atoms. The molecule has 1 N–H and O–H groups in total. The van der Waals surface area contributed by atoms with Crippen molar-refractivity contribution in [3.05, 3.63) is 29.8 Å². The first-order chi connectivity index (χ1) is 22.8. The summed E-state index contributed by atoms with van der Waals surface area (Å²) in [5.41, 5.74) is 0.743. The number of ketones is 1. The molecule has 1 aromatic rings. The van der Waals surface area contributed by atoms with Gasteiger partial charge in [0.25, 0.3) is 0 Å². The number of benzene rings is 1. The highest BCUT2D eigenvalue weighted by Gasteiger charge is 2.06. The Bertz CT molecular complexity index is 765. The van der Waals surface area contributed by atoms with Crippen LogP contribution in [0.25, 0.3) is 0 Å². The van der Waals surface area contributed by atoms with Gasteiger partial charge in [0.15, 0.2) is 5.78 Å². The van der Waals surface area contributed by atoms with Gasteiger partial charge in [-0.15, -0.1) is 0 Å². The number of aliphatic hydroxyl groups is 1. The van der Waals surface area contributed by atoms with Crippen LogP contribution in [-0.4, -0.2) is 143 Å². The highest BCUT2D eigenvalue weighted by Crippen LogP contribution is 2.15. The highest BCUT2D eigenvalue weighted by molar-refractivity contribution is 5.96. The fourth-order valence-corrected chi connectivity index (χ4v) is 3.91. The van der Waals surface area contributed by atoms with E-state index in [2.05, 4.69) is 6.92 Å². The van der Waals surface area contributed by atoms with E-state index in [1.807, 2.05) is 24.3 Å². The Morgan fingerprint density at radius 1 is 0.478 bits per heavy atom. The minimum atomic E-state index is 0.0237. The maximum Gasteiger partial charge on any atom is 0.162 e. The summed E-state index contributed by atoms with van der Waals surface area (Å²) in [7, 11) is 0. The predicted octanol–water partition coefficient (Wildman–Crippen LogP) is 3.75. The Hall–Kier alpha value is -1.71. The van der Waals surface area contributed by atoms with Crippen molar-refractivity contribution < 1.29 is 57.3 Å². The van der Waals surface area contributed by atoms with Gasteiger partial charge in [0.1, 0.15) is 12.4 Å². The molecule has 0 saturated carbocycles. The van der Waals surface area contributed by atoms with Gasteiger partial charge in [-0.1, -0.05) is 32.6 Å². The zero-order valence-corrected chi connectivity index (χ0v) is 28.1. The van der Waals surface area contributed by atoms with E-state index >= 15 is 0 Å². The van der Waals surface area contributed by atoms with Crippen molar-refractivity contribution in [3.63, 3.8) is 0 Å². The topological polar surface area (TPSA) is 130 Å². The monoisotopic (exact) mass is 660 g/mol. The van der Waals surface area contributed by atoms with Gasteiger partial charge >= 0.3 is 0 Å². The second-order valence-electron chi connectivity index (χ2n) is 10.2. The average Bonchev–Trinajstić information content (AvgIpc) is 3.07. The van der Waals surface area contributed by atoms with E-state index < -0.39 is 0 Å². The summed E-state index contributed by atoms with van der Waals surface area (Å²) in [6, 6.07) is 7.35. The molecular weight excluding hydrogens is 600 g/mol. The van der Waals surface area contributed by atoms with E-state index in [-0.39, 0.29) is 12.4 Å². The van der Waals surface area contributed by atoms with Crippen LogP contribution in [0.2, 0.25) is 0 Å². The van der Waals surface area contributed by atoms with Gasteiger partial charge in [0, 0.05) is 12.0 Å². The second-order valence-corrected chi connectivity index (χ2v) is 10.2. The lowest BCUT2D eigenvalue weighted by atomic mass is 10.0. The molecule has 0 aromatic heterocycles. The third-order valence-corrected chi connectivity index (χ3v) is 6.39. The molecule has 0 fully saturated rings. The first-order valence-corrected chi connectivity index (χ1v) is 16.8. The molecule has 46 heavy (non-hydrogen) atoms. The largest absolute Gasteiger partial charge is 0.491 e. The molecule has 12 heteroatoms. The number of Topliss-reactive ketones (excluding diaryl/α,β-unsaturated/α-hetero) is 1. The van der Waals surface area contributed by atoms with E-state index in [1.165, 1.54) is 19.3 Å². The average molecular weight is 661 g/mol. The molecule has 1 rings (SSSR count). The first kappa shape index (κ1) is 42.3. The van der Waals surface area contributed by atoms with Crippen molar-refractivity contribution in [2.45, 2.75) is 45.4 Å². The number of aliphatic hydroxyl groups excluding tert-OH is 1. The van der Waals surface area contributed by atoms with Gasteiger partial charge in [-0.2, -0.15) is 0 Å². The Morgan fingerprint density at radius 3 is 1.20 bits per heavy atom. The Morgan fingerprint density at radius 2 is 0.826 bits per heavy atom. The van der Waals surface area contributed by atoms with Gasteiger partial charge in [-0.25, -0.2) is 0 Å². The van der Waals surface area contributed by atoms with E-state index in [1.54, 1.807) is 0 Å². The van der Waals surface area contributed by atoms with E-state index in [9.17, 15) is 4.79 Å². The number of carbonyl (C=O) groups excluding carboxylic acids is 1. The van der Waals surface area contributed by atoms with Crippen molar-refractivity contribution in [3.8, 4) is 5.75 Å². The van der Waals surface area contributed by atoms with Crippen LogP contribution in [0.4, 0.5) is 0 Å². The Labute approximate surface area is 276 Å². The van der Waals surface area contributed by atoms with Crippen LogP contribution < -0.4 is 4.74 Å². The fourth-order valence-electron chi connectivity index (χ4n) is 3.91. The molecule has 0 radical (unpaired) electrons. The molecule has 0 aliphatic rings. The van der Waals surface area contributed by atoms with E-state index in [0.29, 0.717) is 132 Å². The zero-order valence-electron chi connectivity index (χ0n) is 28.1. The highest BCUT2D eigenvalue weighted by atomic mass is 16.6. The van der Waals surface area contributed by atoms with E-state index in [0.717, 1.165) is 24.2 Å². The minimum Gasteiger partial charge on any atom is -0.491 e. The summed E-state index contributed by atoms with van der Waals surface area (Å²) in [6.45, 7) is 11.4. The molecule has 0 atom stereocenters. The predicted molar refractivity (Wildman–Crippen MR) is 174 cm³/mol. The van der Waals surface area contributed by atoms with Crippen molar-refractivity contribution in [1.82, 2.24) is 0 Å². The lowest BCUT2D eigenvalue weighted by molar-refractivity contribution is -0.0258. The van der Waals surface area contributed by atoms with Gasteiger partial charge < -0.3 is 52.5 Å². The molecule has 0 bridgehead atoms. The number of hydrogen-bond acceptors (Lipinski definition) is 12. The summed E-state index contributed by atoms with van der Waals surface area (Å²) in [6.07, 6.45) is 6.34. The lowest BCUT2D eigenvalue weighted by Crippen LogP contribution is -2.15. The van der Waals surface area contributed by atoms with Crippen LogP contribution in [0.1, 0.15) is 55.8 Å². The fraction of sp³-hybridized carbons (Fsp3) is 0.794. The van der Waals surface area contributed by atoms with E-state index in [4.69, 9.17) is 52.5 Å². The SMILES string of the molecule is CCCCCCCC(=O)c1ccc(OCCOCCOCCOCCOCCOCCOCCOCCOCCOCCO)cc1. The minimum absolute atomic E-state index is 0.0237. The summed E-state index contributed by atoms with van der Waals surface area (Å²) in [5.74, 6) is 0.926. The number of carbonyl (C=O) groups is 1. The first-order valence-electron chi connectivity index (χ1n) is 16.8. The third kappa shape index (κ3) is 28.5. The van der Waals surface area contributed by atoms with Crippen LogP contribution in [-0.2, 0) is 42.6 Å². The molecule has 0 amide bonds. The van der Waals surface area contributed by atoms with Crippen molar-refractivity contribution >= 4 is 5.78 Å². The van der Waals surface area contributed by atoms with Gasteiger partial charge in [0.2, 0.25) is 0 Å². The smallest absolute Gasteiger partial charge is 0.162 e. The molecule has 0 saturated heterocycles. The van der Waals surface area contributed by atoms with Crippen LogP contribution in [0.15, 0.2) is 24.3 Å². The Kier molecular flexibility index (Phi) is 31.8. The maximum absolute atomic E-state index is 12.3. The second kappa shape index (κ2) is 34.6. The number of unbranched alkanes of at least 4 members (excludes halogenated alkanes) is 4. The van der Waals surface area contributed by atoms with Crippen molar-refractivity contribution in [2.75, 3.05) is 132 Å². The number of hydrogen-bond donors (Lipinski definition) is 1. The van der Waals surface area contributed by atoms with Crippen LogP contribution in [0.3, 0.4) is 0 Å². The van der Waals surface area contributed by atoms with Crippen molar-refractivity contribution in [2.24, 2.45) is 0 Å². The summed E-state index contributed by atoms with van der Waals surface area (Å²) < 4.78 is 54.4. The molecule has 0 heterocycles. The van der Waals surface area contributed by atoms with Crippen LogP contribution >= 0.6 is 0 Å². The molecule has 0 aliphatic carbocycles. The third-order valence-electron chi connectivity index (χ3n) is 6.39. The van der Waals surface area contributed by atoms with Gasteiger partial charge in [-0.3, -0.25) is 4.79 Å². The number of ether oxygens (including phenoxy) is 10. The quantitative estimate of drug-likeness (QED) is 0.0824. The normalized spacial score (nSPS) is 11.3. The summed E-state index contributed by atoms with van der Waals surface area (Å²) in [4.78, 5) is 12.3. The zero-order chi connectivity index (χ0) is 33.0. The van der Waals surface area contributed by atoms with Crippen molar-refractivity contribution in [1.29, 1.82) is 0 Å². The Balaban J connectivity index is 1.74. The molecule has 12 nitrogen and oxygen atoms in total. The summed E-state index contributed by atoms with van der Waals surface area (Å²) in [5, 5.41) is 8.58. The molecule has 0 unspecified atom stereocenters. The molecule has 0 aliphatic heterocycles. The van der Waals surface area contributed by atoms with Gasteiger partial charge in [0.05, 0.1) is 126 Å². The maximum atomic E-state index is 12.3. The molecule has 268 valence electrons.